The van der Waals surface area contributed by atoms with Gasteiger partial charge in [-0.15, -0.1) is 10.2 Å². The van der Waals surface area contributed by atoms with Gasteiger partial charge in [-0.1, -0.05) is 105 Å². The summed E-state index contributed by atoms with van der Waals surface area (Å²) >= 11 is 0. The smallest absolute Gasteiger partial charge is 0.169 e. The molecule has 6 aromatic rings. The van der Waals surface area contributed by atoms with Crippen LogP contribution >= 0.6 is 0 Å². The first-order valence-corrected chi connectivity index (χ1v) is 11.1. The van der Waals surface area contributed by atoms with E-state index in [-0.39, 0.29) is 0 Å². The largest absolute Gasteiger partial charge is 0.274 e. The van der Waals surface area contributed by atoms with Crippen molar-refractivity contribution < 1.29 is 0 Å². The Labute approximate surface area is 188 Å². The van der Waals surface area contributed by atoms with Gasteiger partial charge in [-0.3, -0.25) is 4.40 Å². The quantitative estimate of drug-likeness (QED) is 0.271. The van der Waals surface area contributed by atoms with Gasteiger partial charge in [0.15, 0.2) is 11.5 Å². The Bertz CT molecular complexity index is 1540. The van der Waals surface area contributed by atoms with Gasteiger partial charge >= 0.3 is 0 Å². The first kappa shape index (κ1) is 20.0. The normalized spacial score (nSPS) is 11.0. The second kappa shape index (κ2) is 8.27. The Kier molecular flexibility index (Phi) is 5.16. The van der Waals surface area contributed by atoms with E-state index in [1.54, 1.807) is 0 Å². The van der Waals surface area contributed by atoms with Crippen LogP contribution in [-0.2, 0) is 0 Å². The number of pyridine rings is 1. The van der Waals surface area contributed by atoms with E-state index in [1.165, 1.54) is 27.5 Å². The molecule has 0 atom stereocenters. The molecule has 156 valence electrons. The molecular formula is C29H25N3. The number of benzene rings is 4. The molecule has 0 saturated heterocycles. The maximum atomic E-state index is 4.60. The molecule has 3 nitrogen and oxygen atoms in total. The van der Waals surface area contributed by atoms with Crippen LogP contribution in [-0.4, -0.2) is 14.6 Å². The lowest BCUT2D eigenvalue weighted by molar-refractivity contribution is 1.12. The van der Waals surface area contributed by atoms with Crippen molar-refractivity contribution in [3.05, 3.63) is 103 Å². The van der Waals surface area contributed by atoms with Crippen molar-refractivity contribution in [1.82, 2.24) is 14.6 Å². The van der Waals surface area contributed by atoms with Crippen LogP contribution in [0.1, 0.15) is 19.4 Å². The molecule has 0 aliphatic rings. The van der Waals surface area contributed by atoms with Crippen molar-refractivity contribution in [3.8, 4) is 22.5 Å². The molecule has 32 heavy (non-hydrogen) atoms. The fraction of sp³-hybridized carbons (Fsp3) is 0.103. The van der Waals surface area contributed by atoms with Crippen LogP contribution in [0.2, 0.25) is 0 Å². The minimum absolute atomic E-state index is 0.864. The molecular weight excluding hydrogens is 390 g/mol. The van der Waals surface area contributed by atoms with E-state index < -0.39 is 0 Å². The van der Waals surface area contributed by atoms with Gasteiger partial charge in [0.25, 0.3) is 0 Å². The number of para-hydroxylation sites is 1. The predicted molar refractivity (Wildman–Crippen MR) is 135 cm³/mol. The Morgan fingerprint density at radius 2 is 1.16 bits per heavy atom. The van der Waals surface area contributed by atoms with Gasteiger partial charge in [0, 0.05) is 16.3 Å². The van der Waals surface area contributed by atoms with Crippen LogP contribution < -0.4 is 0 Å². The lowest BCUT2D eigenvalue weighted by Gasteiger charge is -2.10. The second-order valence-electron chi connectivity index (χ2n) is 7.64. The van der Waals surface area contributed by atoms with Crippen molar-refractivity contribution >= 4 is 27.3 Å². The van der Waals surface area contributed by atoms with Crippen LogP contribution in [0.15, 0.2) is 97.1 Å². The molecule has 0 bridgehead atoms. The third-order valence-corrected chi connectivity index (χ3v) is 5.87. The first-order chi connectivity index (χ1) is 15.8. The standard InChI is InChI=1S/C27H19N3.C2H6/c1-18-8-2-3-9-21(18)19-14-16-20(17-15-19)26-28-29-27-24-12-5-4-10-22(24)23-11-6-7-13-25(23)30(26)27;1-2/h2-17H,1H3;1-2H3. The van der Waals surface area contributed by atoms with E-state index in [9.17, 15) is 0 Å². The van der Waals surface area contributed by atoms with Gasteiger partial charge in [0.2, 0.25) is 0 Å². The zero-order valence-electron chi connectivity index (χ0n) is 18.6. The maximum absolute atomic E-state index is 4.60. The molecule has 4 aromatic carbocycles. The molecule has 6 rings (SSSR count). The van der Waals surface area contributed by atoms with Crippen LogP contribution in [0.4, 0.5) is 0 Å². The fourth-order valence-corrected chi connectivity index (χ4v) is 4.38. The summed E-state index contributed by atoms with van der Waals surface area (Å²) in [5, 5.41) is 12.7. The monoisotopic (exact) mass is 415 g/mol. The van der Waals surface area contributed by atoms with Gasteiger partial charge < -0.3 is 0 Å². The zero-order chi connectivity index (χ0) is 22.1. The van der Waals surface area contributed by atoms with Crippen LogP contribution in [0.5, 0.6) is 0 Å². The van der Waals surface area contributed by atoms with Crippen LogP contribution in [0.3, 0.4) is 0 Å². The minimum atomic E-state index is 0.864. The summed E-state index contributed by atoms with van der Waals surface area (Å²) in [6, 6.07) is 34.0. The average Bonchev–Trinajstić information content (AvgIpc) is 3.32. The lowest BCUT2D eigenvalue weighted by atomic mass is 9.99. The highest BCUT2D eigenvalue weighted by Gasteiger charge is 2.15. The summed E-state index contributed by atoms with van der Waals surface area (Å²) in [7, 11) is 0. The Balaban J connectivity index is 0.00000105. The minimum Gasteiger partial charge on any atom is -0.274 e. The lowest BCUT2D eigenvalue weighted by Crippen LogP contribution is -1.94. The summed E-state index contributed by atoms with van der Waals surface area (Å²) < 4.78 is 2.18. The van der Waals surface area contributed by atoms with Crippen molar-refractivity contribution in [2.45, 2.75) is 20.8 Å². The average molecular weight is 416 g/mol. The summed E-state index contributed by atoms with van der Waals surface area (Å²) in [5.41, 5.74) is 6.81. The highest BCUT2D eigenvalue weighted by molar-refractivity contribution is 6.12. The number of hydrogen-bond acceptors (Lipinski definition) is 2. The summed E-state index contributed by atoms with van der Waals surface area (Å²) in [5.74, 6) is 0.864. The predicted octanol–water partition coefficient (Wildman–Crippen LogP) is 7.70. The number of hydrogen-bond donors (Lipinski definition) is 0. The molecule has 2 aromatic heterocycles. The SMILES string of the molecule is CC.Cc1ccccc1-c1ccc(-c2nnc3c4ccccc4c4ccccc4n23)cc1. The van der Waals surface area contributed by atoms with E-state index in [1.807, 2.05) is 13.8 Å². The third-order valence-electron chi connectivity index (χ3n) is 5.87. The topological polar surface area (TPSA) is 30.2 Å². The third kappa shape index (κ3) is 3.14. The number of nitrogens with zero attached hydrogens (tertiary/aromatic N) is 3. The molecule has 0 fully saturated rings. The van der Waals surface area contributed by atoms with Crippen LogP contribution in [0, 0.1) is 6.92 Å². The molecule has 0 radical (unpaired) electrons. The van der Waals surface area contributed by atoms with Gasteiger partial charge in [0.05, 0.1) is 5.52 Å². The van der Waals surface area contributed by atoms with E-state index in [4.69, 9.17) is 0 Å². The summed E-state index contributed by atoms with van der Waals surface area (Å²) in [6.07, 6.45) is 0. The van der Waals surface area contributed by atoms with Crippen LogP contribution in [0.25, 0.3) is 49.8 Å². The van der Waals surface area contributed by atoms with Gasteiger partial charge in [-0.25, -0.2) is 0 Å². The number of fused-ring (bicyclic) bond motifs is 6. The molecule has 0 spiro atoms. The summed E-state index contributed by atoms with van der Waals surface area (Å²) in [6.45, 7) is 6.15. The Hall–Kier alpha value is -3.98. The first-order valence-electron chi connectivity index (χ1n) is 11.1. The molecule has 0 saturated carbocycles. The summed E-state index contributed by atoms with van der Waals surface area (Å²) in [4.78, 5) is 0. The van der Waals surface area contributed by atoms with E-state index >= 15 is 0 Å². The Morgan fingerprint density at radius 1 is 0.562 bits per heavy atom. The van der Waals surface area contributed by atoms with Gasteiger partial charge in [-0.2, -0.15) is 0 Å². The Morgan fingerprint density at radius 3 is 1.91 bits per heavy atom. The molecule has 2 heterocycles. The molecule has 0 aliphatic carbocycles. The molecule has 0 aliphatic heterocycles. The molecule has 0 N–H and O–H groups in total. The molecule has 0 amide bonds. The number of rotatable bonds is 2. The van der Waals surface area contributed by atoms with Crippen molar-refractivity contribution in [3.63, 3.8) is 0 Å². The van der Waals surface area contributed by atoms with Gasteiger partial charge in [0.1, 0.15) is 0 Å². The van der Waals surface area contributed by atoms with E-state index in [2.05, 4.69) is 119 Å². The van der Waals surface area contributed by atoms with E-state index in [0.29, 0.717) is 0 Å². The van der Waals surface area contributed by atoms with Crippen molar-refractivity contribution in [1.29, 1.82) is 0 Å². The van der Waals surface area contributed by atoms with Gasteiger partial charge in [-0.05, 0) is 35.1 Å². The van der Waals surface area contributed by atoms with Crippen molar-refractivity contribution in [2.24, 2.45) is 0 Å². The number of aromatic nitrogens is 3. The maximum Gasteiger partial charge on any atom is 0.169 e. The highest BCUT2D eigenvalue weighted by Crippen LogP contribution is 2.32. The second-order valence-corrected chi connectivity index (χ2v) is 7.64. The van der Waals surface area contributed by atoms with E-state index in [0.717, 1.165) is 27.9 Å². The molecule has 3 heteroatoms. The van der Waals surface area contributed by atoms with Crippen molar-refractivity contribution in [2.75, 3.05) is 0 Å². The highest BCUT2D eigenvalue weighted by atomic mass is 15.2. The fourth-order valence-electron chi connectivity index (χ4n) is 4.38. The number of aryl methyl sites for hydroxylation is 1. The zero-order valence-corrected chi connectivity index (χ0v) is 18.6. The molecule has 0 unspecified atom stereocenters.